The molecule has 1 fully saturated rings. The van der Waals surface area contributed by atoms with Gasteiger partial charge in [0.05, 0.1) is 29.6 Å². The second kappa shape index (κ2) is 9.65. The number of aromatic nitrogens is 3. The molecule has 6 nitrogen and oxygen atoms in total. The van der Waals surface area contributed by atoms with Crippen molar-refractivity contribution in [3.8, 4) is 11.3 Å². The molecule has 2 N–H and O–H groups in total. The number of carbonyl (C=O) groups excluding carboxylic acids is 1. The average Bonchev–Trinajstić information content (AvgIpc) is 2.86. The molecule has 1 aliphatic carbocycles. The highest BCUT2D eigenvalue weighted by Gasteiger charge is 2.25. The van der Waals surface area contributed by atoms with Crippen molar-refractivity contribution in [1.29, 1.82) is 0 Å². The van der Waals surface area contributed by atoms with Gasteiger partial charge in [-0.15, -0.1) is 0 Å². The Morgan fingerprint density at radius 2 is 1.91 bits per heavy atom. The summed E-state index contributed by atoms with van der Waals surface area (Å²) in [6.07, 6.45) is 7.99. The van der Waals surface area contributed by atoms with E-state index >= 15 is 0 Å². The molecular weight excluding hydrogens is 431 g/mol. The molecule has 3 heterocycles. The number of rotatable bonds is 5. The maximum atomic E-state index is 13.5. The Morgan fingerprint density at radius 1 is 1.06 bits per heavy atom. The van der Waals surface area contributed by atoms with E-state index in [0.717, 1.165) is 47.5 Å². The van der Waals surface area contributed by atoms with E-state index in [0.29, 0.717) is 29.8 Å². The summed E-state index contributed by atoms with van der Waals surface area (Å²) < 4.78 is 13.5. The SMILES string of the molecule is O=C(N[C@H]1CCCC[C@@H]1O)c1cc(Cc2ccc(-c3cncc(F)c3)nc2)c2ccccc2n1. The van der Waals surface area contributed by atoms with Crippen molar-refractivity contribution in [3.05, 3.63) is 89.8 Å². The number of pyridine rings is 3. The first-order valence-electron chi connectivity index (χ1n) is 11.5. The molecule has 1 aromatic carbocycles. The Balaban J connectivity index is 1.42. The van der Waals surface area contributed by atoms with Crippen molar-refractivity contribution in [1.82, 2.24) is 20.3 Å². The Hall–Kier alpha value is -3.71. The number of amides is 1. The van der Waals surface area contributed by atoms with E-state index in [2.05, 4.69) is 20.3 Å². The van der Waals surface area contributed by atoms with Crippen LogP contribution in [-0.4, -0.2) is 38.1 Å². The maximum Gasteiger partial charge on any atom is 0.270 e. The molecule has 1 saturated carbocycles. The van der Waals surface area contributed by atoms with Gasteiger partial charge in [-0.25, -0.2) is 9.37 Å². The number of benzene rings is 1. The highest BCUT2D eigenvalue weighted by molar-refractivity contribution is 5.96. The smallest absolute Gasteiger partial charge is 0.270 e. The minimum absolute atomic E-state index is 0.243. The summed E-state index contributed by atoms with van der Waals surface area (Å²) in [6.45, 7) is 0. The van der Waals surface area contributed by atoms with Gasteiger partial charge in [0.1, 0.15) is 11.5 Å². The van der Waals surface area contributed by atoms with E-state index in [1.165, 1.54) is 6.07 Å². The van der Waals surface area contributed by atoms with Gasteiger partial charge in [0.15, 0.2) is 0 Å². The van der Waals surface area contributed by atoms with Crippen LogP contribution in [0.25, 0.3) is 22.2 Å². The van der Waals surface area contributed by atoms with E-state index in [1.807, 2.05) is 42.5 Å². The molecule has 0 unspecified atom stereocenters. The lowest BCUT2D eigenvalue weighted by Gasteiger charge is -2.28. The molecule has 2 atom stereocenters. The summed E-state index contributed by atoms with van der Waals surface area (Å²) in [5, 5.41) is 14.2. The standard InChI is InChI=1S/C27H25FN4O2/c28-20-12-19(15-29-16-20)22-10-9-17(14-30-22)11-18-13-25(31-23-6-2-1-5-21(18)23)27(34)32-24-7-3-4-8-26(24)33/h1-2,5-6,9-10,12-16,24,26,33H,3-4,7-8,11H2,(H,32,34)/t24-,26-/m0/s1. The van der Waals surface area contributed by atoms with E-state index in [9.17, 15) is 14.3 Å². The molecule has 1 amide bonds. The number of aliphatic hydroxyl groups excluding tert-OH is 1. The summed E-state index contributed by atoms with van der Waals surface area (Å²) in [4.78, 5) is 25.9. The monoisotopic (exact) mass is 456 g/mol. The zero-order valence-electron chi connectivity index (χ0n) is 18.6. The lowest BCUT2D eigenvalue weighted by atomic mass is 9.92. The molecule has 172 valence electrons. The number of para-hydroxylation sites is 1. The van der Waals surface area contributed by atoms with E-state index in [-0.39, 0.29) is 11.9 Å². The molecule has 4 aromatic rings. The van der Waals surface area contributed by atoms with Gasteiger partial charge in [-0.05, 0) is 54.7 Å². The van der Waals surface area contributed by atoms with Crippen LogP contribution in [0.4, 0.5) is 4.39 Å². The summed E-state index contributed by atoms with van der Waals surface area (Å²) in [5.74, 6) is -0.678. The topological polar surface area (TPSA) is 88.0 Å². The van der Waals surface area contributed by atoms with Crippen LogP contribution in [0.1, 0.15) is 47.3 Å². The molecule has 7 heteroatoms. The number of nitrogens with one attached hydrogen (secondary N) is 1. The average molecular weight is 457 g/mol. The highest BCUT2D eigenvalue weighted by atomic mass is 19.1. The van der Waals surface area contributed by atoms with E-state index < -0.39 is 11.9 Å². The fraction of sp³-hybridized carbons (Fsp3) is 0.259. The molecule has 3 aromatic heterocycles. The van der Waals surface area contributed by atoms with Gasteiger partial charge in [-0.2, -0.15) is 0 Å². The predicted molar refractivity (Wildman–Crippen MR) is 128 cm³/mol. The summed E-state index contributed by atoms with van der Waals surface area (Å²) in [5.41, 5.74) is 4.25. The highest BCUT2D eigenvalue weighted by Crippen LogP contribution is 2.24. The fourth-order valence-electron chi connectivity index (χ4n) is 4.50. The number of hydrogen-bond acceptors (Lipinski definition) is 5. The van der Waals surface area contributed by atoms with E-state index in [1.54, 1.807) is 12.4 Å². The first kappa shape index (κ1) is 22.1. The van der Waals surface area contributed by atoms with Crippen LogP contribution < -0.4 is 5.32 Å². The van der Waals surface area contributed by atoms with Crippen LogP contribution >= 0.6 is 0 Å². The third kappa shape index (κ3) is 4.79. The Labute approximate surface area is 196 Å². The van der Waals surface area contributed by atoms with Crippen LogP contribution in [-0.2, 0) is 6.42 Å². The largest absolute Gasteiger partial charge is 0.391 e. The number of fused-ring (bicyclic) bond motifs is 1. The third-order valence-electron chi connectivity index (χ3n) is 6.30. The lowest BCUT2D eigenvalue weighted by Crippen LogP contribution is -2.45. The number of aliphatic hydroxyl groups is 1. The zero-order valence-corrected chi connectivity index (χ0v) is 18.6. The normalized spacial score (nSPS) is 18.1. The van der Waals surface area contributed by atoms with Crippen molar-refractivity contribution < 1.29 is 14.3 Å². The number of carbonyl (C=O) groups is 1. The number of nitrogens with zero attached hydrogens (tertiary/aromatic N) is 3. The minimum Gasteiger partial charge on any atom is -0.391 e. The fourth-order valence-corrected chi connectivity index (χ4v) is 4.50. The molecule has 0 spiro atoms. The second-order valence-electron chi connectivity index (χ2n) is 8.74. The first-order valence-corrected chi connectivity index (χ1v) is 11.5. The van der Waals surface area contributed by atoms with Gasteiger partial charge >= 0.3 is 0 Å². The molecule has 5 rings (SSSR count). The van der Waals surface area contributed by atoms with Gasteiger partial charge in [-0.1, -0.05) is 37.1 Å². The van der Waals surface area contributed by atoms with Gasteiger partial charge in [0.25, 0.3) is 5.91 Å². The van der Waals surface area contributed by atoms with Crippen LogP contribution in [0.2, 0.25) is 0 Å². The van der Waals surface area contributed by atoms with Crippen LogP contribution in [0.3, 0.4) is 0 Å². The quantitative estimate of drug-likeness (QED) is 0.463. The summed E-state index contributed by atoms with van der Waals surface area (Å²) in [7, 11) is 0. The van der Waals surface area contributed by atoms with Gasteiger partial charge < -0.3 is 10.4 Å². The second-order valence-corrected chi connectivity index (χ2v) is 8.74. The maximum absolute atomic E-state index is 13.5. The van der Waals surface area contributed by atoms with Crippen molar-refractivity contribution in [3.63, 3.8) is 0 Å². The zero-order chi connectivity index (χ0) is 23.5. The van der Waals surface area contributed by atoms with Crippen molar-refractivity contribution in [2.24, 2.45) is 0 Å². The Morgan fingerprint density at radius 3 is 2.71 bits per heavy atom. The molecule has 0 radical (unpaired) electrons. The lowest BCUT2D eigenvalue weighted by molar-refractivity contribution is 0.0714. The van der Waals surface area contributed by atoms with Crippen molar-refractivity contribution in [2.45, 2.75) is 44.2 Å². The van der Waals surface area contributed by atoms with Crippen molar-refractivity contribution >= 4 is 16.8 Å². The van der Waals surface area contributed by atoms with Crippen molar-refractivity contribution in [2.75, 3.05) is 0 Å². The minimum atomic E-state index is -0.518. The van der Waals surface area contributed by atoms with Crippen LogP contribution in [0.15, 0.2) is 67.1 Å². The molecule has 34 heavy (non-hydrogen) atoms. The number of halogens is 1. The van der Waals surface area contributed by atoms with Gasteiger partial charge in [-0.3, -0.25) is 14.8 Å². The van der Waals surface area contributed by atoms with Gasteiger partial charge in [0, 0.05) is 23.3 Å². The first-order chi connectivity index (χ1) is 16.6. The summed E-state index contributed by atoms with van der Waals surface area (Å²) in [6, 6.07) is 14.5. The van der Waals surface area contributed by atoms with Crippen LogP contribution in [0, 0.1) is 5.82 Å². The summed E-state index contributed by atoms with van der Waals surface area (Å²) >= 11 is 0. The van der Waals surface area contributed by atoms with E-state index in [4.69, 9.17) is 0 Å². The predicted octanol–water partition coefficient (Wildman–Crippen LogP) is 4.46. The number of hydrogen-bond donors (Lipinski definition) is 2. The molecule has 0 aliphatic heterocycles. The molecule has 0 bridgehead atoms. The van der Waals surface area contributed by atoms with Crippen LogP contribution in [0.5, 0.6) is 0 Å². The molecule has 1 aliphatic rings. The Bertz CT molecular complexity index is 1330. The molecular formula is C27H25FN4O2. The van der Waals surface area contributed by atoms with Gasteiger partial charge in [0.2, 0.25) is 0 Å². The molecule has 0 saturated heterocycles. The third-order valence-corrected chi connectivity index (χ3v) is 6.30. The Kier molecular flexibility index (Phi) is 6.27.